The lowest BCUT2D eigenvalue weighted by atomic mass is 10.1. The van der Waals surface area contributed by atoms with E-state index in [1.165, 1.54) is 18.1 Å². The molecule has 0 saturated heterocycles. The van der Waals surface area contributed by atoms with Crippen molar-refractivity contribution in [3.8, 4) is 22.8 Å². The Hall–Kier alpha value is -3.29. The number of imidazole rings is 1. The van der Waals surface area contributed by atoms with Gasteiger partial charge in [0.1, 0.15) is 17.8 Å². The fourth-order valence-corrected chi connectivity index (χ4v) is 6.17. The summed E-state index contributed by atoms with van der Waals surface area (Å²) in [7, 11) is -3.40. The Morgan fingerprint density at radius 2 is 1.97 bits per heavy atom. The van der Waals surface area contributed by atoms with Crippen molar-refractivity contribution < 1.29 is 22.3 Å². The SMILES string of the molecule is Cc1ccc(-c2cc3c(cc2Sc2nc4c(N)ncnc4n2CCCS(=O)(=O)NCC(C)C)OCO3)o1. The number of benzene rings is 1. The average Bonchev–Trinajstić information content (AvgIpc) is 3.57. The van der Waals surface area contributed by atoms with Gasteiger partial charge >= 0.3 is 0 Å². The van der Waals surface area contributed by atoms with Gasteiger partial charge in [0.2, 0.25) is 16.8 Å². The molecular formula is C24H28N6O5S2. The maximum atomic E-state index is 12.4. The van der Waals surface area contributed by atoms with Crippen molar-refractivity contribution in [1.82, 2.24) is 24.2 Å². The van der Waals surface area contributed by atoms with Crippen LogP contribution in [0, 0.1) is 12.8 Å². The fourth-order valence-electron chi connectivity index (χ4n) is 3.87. The van der Waals surface area contributed by atoms with E-state index < -0.39 is 10.0 Å². The fraction of sp³-hybridized carbons (Fsp3) is 0.375. The van der Waals surface area contributed by atoms with Crippen molar-refractivity contribution >= 4 is 38.8 Å². The first-order valence-electron chi connectivity index (χ1n) is 11.8. The van der Waals surface area contributed by atoms with Gasteiger partial charge < -0.3 is 24.2 Å². The Morgan fingerprint density at radius 1 is 1.19 bits per heavy atom. The predicted molar refractivity (Wildman–Crippen MR) is 140 cm³/mol. The van der Waals surface area contributed by atoms with E-state index >= 15 is 0 Å². The quantitative estimate of drug-likeness (QED) is 0.302. The van der Waals surface area contributed by atoms with Crippen molar-refractivity contribution in [2.24, 2.45) is 5.92 Å². The maximum Gasteiger partial charge on any atom is 0.231 e. The zero-order chi connectivity index (χ0) is 26.2. The first kappa shape index (κ1) is 25.4. The molecule has 4 aromatic rings. The number of rotatable bonds is 10. The number of hydrogen-bond acceptors (Lipinski definition) is 10. The molecule has 1 aromatic carbocycles. The van der Waals surface area contributed by atoms with Crippen LogP contribution in [0.4, 0.5) is 5.82 Å². The third-order valence-electron chi connectivity index (χ3n) is 5.71. The van der Waals surface area contributed by atoms with E-state index in [9.17, 15) is 8.42 Å². The summed E-state index contributed by atoms with van der Waals surface area (Å²) < 4.78 is 46.5. The van der Waals surface area contributed by atoms with Gasteiger partial charge in [-0.1, -0.05) is 25.6 Å². The lowest BCUT2D eigenvalue weighted by Crippen LogP contribution is -2.30. The van der Waals surface area contributed by atoms with Crippen molar-refractivity contribution in [3.63, 3.8) is 0 Å². The number of nitrogens with one attached hydrogen (secondary N) is 1. The number of fused-ring (bicyclic) bond motifs is 2. The van der Waals surface area contributed by atoms with E-state index in [4.69, 9.17) is 24.6 Å². The van der Waals surface area contributed by atoms with Crippen molar-refractivity contribution in [2.75, 3.05) is 24.8 Å². The molecule has 0 aliphatic carbocycles. The van der Waals surface area contributed by atoms with E-state index in [2.05, 4.69) is 14.7 Å². The number of nitrogen functional groups attached to an aromatic ring is 1. The van der Waals surface area contributed by atoms with Crippen LogP contribution in [0.1, 0.15) is 26.0 Å². The second kappa shape index (κ2) is 10.2. The molecule has 0 bridgehead atoms. The normalized spacial score (nSPS) is 13.2. The molecule has 0 saturated carbocycles. The Bertz CT molecular complexity index is 1550. The van der Waals surface area contributed by atoms with E-state index in [1.54, 1.807) is 0 Å². The highest BCUT2D eigenvalue weighted by molar-refractivity contribution is 7.99. The van der Waals surface area contributed by atoms with Gasteiger partial charge in [-0.15, -0.1) is 0 Å². The average molecular weight is 545 g/mol. The van der Waals surface area contributed by atoms with Crippen LogP contribution in [0.25, 0.3) is 22.5 Å². The van der Waals surface area contributed by atoms with E-state index in [1.807, 2.05) is 49.6 Å². The number of anilines is 1. The van der Waals surface area contributed by atoms with Gasteiger partial charge in [0.25, 0.3) is 0 Å². The van der Waals surface area contributed by atoms with Crippen LogP contribution >= 0.6 is 11.8 Å². The Labute approximate surface area is 218 Å². The zero-order valence-electron chi connectivity index (χ0n) is 20.7. The number of ether oxygens (including phenoxy) is 2. The van der Waals surface area contributed by atoms with Gasteiger partial charge in [-0.2, -0.15) is 0 Å². The molecule has 37 heavy (non-hydrogen) atoms. The van der Waals surface area contributed by atoms with Crippen molar-refractivity contribution in [1.29, 1.82) is 0 Å². The van der Waals surface area contributed by atoms with Gasteiger partial charge in [-0.05, 0) is 43.5 Å². The van der Waals surface area contributed by atoms with Crippen LogP contribution in [0.15, 0.2) is 45.1 Å². The lowest BCUT2D eigenvalue weighted by molar-refractivity contribution is 0.174. The Balaban J connectivity index is 1.49. The molecule has 0 radical (unpaired) electrons. The molecule has 0 spiro atoms. The van der Waals surface area contributed by atoms with Crippen LogP contribution in [0.3, 0.4) is 0 Å². The topological polar surface area (TPSA) is 147 Å². The molecular weight excluding hydrogens is 516 g/mol. The highest BCUT2D eigenvalue weighted by Crippen LogP contribution is 2.45. The van der Waals surface area contributed by atoms with E-state index in [-0.39, 0.29) is 24.3 Å². The molecule has 0 unspecified atom stereocenters. The third-order valence-corrected chi connectivity index (χ3v) is 8.20. The monoisotopic (exact) mass is 544 g/mol. The van der Waals surface area contributed by atoms with Gasteiger partial charge in [-0.25, -0.2) is 28.1 Å². The number of furan rings is 1. The highest BCUT2D eigenvalue weighted by Gasteiger charge is 2.23. The van der Waals surface area contributed by atoms with Gasteiger partial charge in [-0.3, -0.25) is 0 Å². The van der Waals surface area contributed by atoms with Crippen LogP contribution in [-0.2, 0) is 16.6 Å². The summed E-state index contributed by atoms with van der Waals surface area (Å²) >= 11 is 1.39. The van der Waals surface area contributed by atoms with Crippen molar-refractivity contribution in [2.45, 2.75) is 43.8 Å². The summed E-state index contributed by atoms with van der Waals surface area (Å²) in [4.78, 5) is 14.0. The molecule has 5 rings (SSSR count). The first-order valence-corrected chi connectivity index (χ1v) is 14.3. The number of nitrogens with two attached hydrogens (primary N) is 1. The standard InChI is InChI=1S/C24H28N6O5S2/c1-14(2)11-28-37(31,32)8-4-7-30-23-21(22(25)26-12-27-23)29-24(30)36-20-10-19-18(33-13-34-19)9-16(20)17-6-5-15(3)35-17/h5-6,9-10,12,14,28H,4,7-8,11,13H2,1-3H3,(H2,25,26,27). The minimum atomic E-state index is -3.40. The lowest BCUT2D eigenvalue weighted by Gasteiger charge is -2.12. The molecule has 4 heterocycles. The highest BCUT2D eigenvalue weighted by atomic mass is 32.2. The number of aromatic nitrogens is 4. The number of hydrogen-bond donors (Lipinski definition) is 2. The first-order chi connectivity index (χ1) is 17.7. The van der Waals surface area contributed by atoms with Crippen LogP contribution in [-0.4, -0.2) is 47.0 Å². The van der Waals surface area contributed by atoms with E-state index in [0.717, 1.165) is 16.2 Å². The summed E-state index contributed by atoms with van der Waals surface area (Å²) in [5, 5.41) is 0.595. The van der Waals surface area contributed by atoms with Crippen molar-refractivity contribution in [3.05, 3.63) is 36.4 Å². The molecule has 0 fully saturated rings. The summed E-state index contributed by atoms with van der Waals surface area (Å²) in [6.07, 6.45) is 1.74. The van der Waals surface area contributed by atoms with Crippen LogP contribution in [0.2, 0.25) is 0 Å². The molecule has 13 heteroatoms. The summed E-state index contributed by atoms with van der Waals surface area (Å²) in [5.74, 6) is 3.18. The molecule has 3 aromatic heterocycles. The molecule has 3 N–H and O–H groups in total. The minimum absolute atomic E-state index is 0.0228. The van der Waals surface area contributed by atoms with Gasteiger partial charge in [0, 0.05) is 23.5 Å². The largest absolute Gasteiger partial charge is 0.461 e. The predicted octanol–water partition coefficient (Wildman–Crippen LogP) is 3.82. The molecule has 0 atom stereocenters. The van der Waals surface area contributed by atoms with Gasteiger partial charge in [0.05, 0.1) is 5.75 Å². The molecule has 196 valence electrons. The summed E-state index contributed by atoms with van der Waals surface area (Å²) in [6, 6.07) is 7.57. The molecule has 1 aliphatic rings. The smallest absolute Gasteiger partial charge is 0.231 e. The minimum Gasteiger partial charge on any atom is -0.461 e. The molecule has 1 aliphatic heterocycles. The second-order valence-corrected chi connectivity index (χ2v) is 12.0. The number of aryl methyl sites for hydroxylation is 2. The summed E-state index contributed by atoms with van der Waals surface area (Å²) in [5.41, 5.74) is 7.92. The molecule has 0 amide bonds. The van der Waals surface area contributed by atoms with Crippen LogP contribution in [0.5, 0.6) is 11.5 Å². The van der Waals surface area contributed by atoms with Gasteiger partial charge in [0.15, 0.2) is 33.6 Å². The van der Waals surface area contributed by atoms with Crippen LogP contribution < -0.4 is 19.9 Å². The second-order valence-electron chi connectivity index (χ2n) is 9.11. The number of sulfonamides is 1. The summed E-state index contributed by atoms with van der Waals surface area (Å²) in [6.45, 7) is 6.72. The Morgan fingerprint density at radius 3 is 2.70 bits per heavy atom. The third kappa shape index (κ3) is 5.53. The maximum absolute atomic E-state index is 12.4. The molecule has 11 nitrogen and oxygen atoms in total. The Kier molecular flexibility index (Phi) is 7.01. The van der Waals surface area contributed by atoms with E-state index in [0.29, 0.717) is 53.1 Å². The number of nitrogens with zero attached hydrogens (tertiary/aromatic N) is 4. The zero-order valence-corrected chi connectivity index (χ0v) is 22.4.